The number of carbonyl (C=O) groups is 2. The maximum absolute atomic E-state index is 12.2. The van der Waals surface area contributed by atoms with Gasteiger partial charge in [0, 0.05) is 22.3 Å². The van der Waals surface area contributed by atoms with E-state index in [9.17, 15) is 9.59 Å². The Bertz CT molecular complexity index is 768. The molecule has 3 N–H and O–H groups in total. The number of halogens is 2. The van der Waals surface area contributed by atoms with Gasteiger partial charge in [-0.3, -0.25) is 9.59 Å². The van der Waals surface area contributed by atoms with Gasteiger partial charge < -0.3 is 16.0 Å². The van der Waals surface area contributed by atoms with Crippen molar-refractivity contribution >= 4 is 56.4 Å². The summed E-state index contributed by atoms with van der Waals surface area (Å²) in [5.41, 5.74) is 1.87. The Morgan fingerprint density at radius 3 is 2.52 bits per heavy atom. The molecule has 0 atom stereocenters. The van der Waals surface area contributed by atoms with Crippen molar-refractivity contribution in [2.75, 3.05) is 22.5 Å². The first-order valence-electron chi connectivity index (χ1n) is 7.87. The highest BCUT2D eigenvalue weighted by Crippen LogP contribution is 2.26. The van der Waals surface area contributed by atoms with E-state index in [4.69, 9.17) is 11.6 Å². The number of benzene rings is 2. The number of hydrogen-bond donors (Lipinski definition) is 3. The summed E-state index contributed by atoms with van der Waals surface area (Å²) in [7, 11) is 0. The number of anilines is 3. The third-order valence-electron chi connectivity index (χ3n) is 3.31. The fraction of sp³-hybridized carbons (Fsp3) is 0.222. The SMILES string of the molecule is CCCC(=O)Nc1ccc(Cl)c(NC(=O)CNc2ccccc2Br)c1. The second-order valence-electron chi connectivity index (χ2n) is 5.37. The lowest BCUT2D eigenvalue weighted by Crippen LogP contribution is -2.22. The average molecular weight is 425 g/mol. The molecule has 0 unspecified atom stereocenters. The number of rotatable bonds is 7. The molecule has 0 radical (unpaired) electrons. The zero-order valence-electron chi connectivity index (χ0n) is 13.7. The van der Waals surface area contributed by atoms with Crippen LogP contribution in [0.3, 0.4) is 0 Å². The molecular formula is C18H19BrClN3O2. The molecule has 0 fully saturated rings. The molecule has 2 rings (SSSR count). The lowest BCUT2D eigenvalue weighted by Gasteiger charge is -2.12. The molecule has 0 spiro atoms. The van der Waals surface area contributed by atoms with Crippen LogP contribution < -0.4 is 16.0 Å². The van der Waals surface area contributed by atoms with Gasteiger partial charge in [0.2, 0.25) is 11.8 Å². The molecule has 7 heteroatoms. The van der Waals surface area contributed by atoms with Crippen molar-refractivity contribution < 1.29 is 9.59 Å². The third kappa shape index (κ3) is 6.07. The highest BCUT2D eigenvalue weighted by Gasteiger charge is 2.09. The minimum absolute atomic E-state index is 0.0716. The molecule has 2 aromatic carbocycles. The van der Waals surface area contributed by atoms with Crippen LogP contribution in [0.1, 0.15) is 19.8 Å². The van der Waals surface area contributed by atoms with Gasteiger partial charge in [0.05, 0.1) is 17.3 Å². The van der Waals surface area contributed by atoms with Crippen molar-refractivity contribution in [2.24, 2.45) is 0 Å². The first-order valence-corrected chi connectivity index (χ1v) is 9.04. The topological polar surface area (TPSA) is 70.2 Å². The number of hydrogen-bond acceptors (Lipinski definition) is 3. The fourth-order valence-corrected chi connectivity index (χ4v) is 2.71. The van der Waals surface area contributed by atoms with Crippen LogP contribution in [0.4, 0.5) is 17.1 Å². The summed E-state index contributed by atoms with van der Waals surface area (Å²) in [5, 5.41) is 8.97. The Balaban J connectivity index is 1.97. The molecule has 132 valence electrons. The standard InChI is InChI=1S/C18H19BrClN3O2/c1-2-5-17(24)22-12-8-9-14(20)16(10-12)23-18(25)11-21-15-7-4-3-6-13(15)19/h3-4,6-10,21H,2,5,11H2,1H3,(H,22,24)(H,23,25). The Morgan fingerprint density at radius 1 is 1.04 bits per heavy atom. The molecule has 0 aliphatic heterocycles. The van der Waals surface area contributed by atoms with Gasteiger partial charge in [-0.05, 0) is 52.7 Å². The smallest absolute Gasteiger partial charge is 0.243 e. The molecule has 2 amide bonds. The zero-order chi connectivity index (χ0) is 18.2. The van der Waals surface area contributed by atoms with Crippen LogP contribution in [0, 0.1) is 0 Å². The van der Waals surface area contributed by atoms with Crippen LogP contribution in [-0.4, -0.2) is 18.4 Å². The van der Waals surface area contributed by atoms with Crippen molar-refractivity contribution in [2.45, 2.75) is 19.8 Å². The summed E-state index contributed by atoms with van der Waals surface area (Å²) < 4.78 is 0.876. The van der Waals surface area contributed by atoms with Gasteiger partial charge in [0.25, 0.3) is 0 Å². The molecule has 0 aromatic heterocycles. The van der Waals surface area contributed by atoms with E-state index in [-0.39, 0.29) is 18.4 Å². The quantitative estimate of drug-likeness (QED) is 0.592. The van der Waals surface area contributed by atoms with Crippen LogP contribution >= 0.6 is 27.5 Å². The molecule has 0 saturated carbocycles. The van der Waals surface area contributed by atoms with Crippen molar-refractivity contribution in [1.29, 1.82) is 0 Å². The van der Waals surface area contributed by atoms with Crippen LogP contribution in [0.5, 0.6) is 0 Å². The Kier molecular flexibility index (Phi) is 7.28. The van der Waals surface area contributed by atoms with E-state index < -0.39 is 0 Å². The van der Waals surface area contributed by atoms with Gasteiger partial charge in [0.15, 0.2) is 0 Å². The van der Waals surface area contributed by atoms with Crippen LogP contribution in [-0.2, 0) is 9.59 Å². The first-order chi connectivity index (χ1) is 12.0. The number of nitrogens with one attached hydrogen (secondary N) is 3. The maximum Gasteiger partial charge on any atom is 0.243 e. The van der Waals surface area contributed by atoms with Gasteiger partial charge >= 0.3 is 0 Å². The van der Waals surface area contributed by atoms with Gasteiger partial charge in [-0.2, -0.15) is 0 Å². The second kappa shape index (κ2) is 9.44. The number of carbonyl (C=O) groups excluding carboxylic acids is 2. The summed E-state index contributed by atoms with van der Waals surface area (Å²) in [6.07, 6.45) is 1.21. The molecule has 2 aromatic rings. The van der Waals surface area contributed by atoms with E-state index in [1.807, 2.05) is 31.2 Å². The van der Waals surface area contributed by atoms with Crippen LogP contribution in [0.15, 0.2) is 46.9 Å². The molecular weight excluding hydrogens is 406 g/mol. The summed E-state index contributed by atoms with van der Waals surface area (Å²) in [6, 6.07) is 12.5. The summed E-state index contributed by atoms with van der Waals surface area (Å²) in [4.78, 5) is 23.8. The Hall–Kier alpha value is -2.05. The average Bonchev–Trinajstić information content (AvgIpc) is 2.57. The predicted octanol–water partition coefficient (Wildman–Crippen LogP) is 4.89. The van der Waals surface area contributed by atoms with E-state index >= 15 is 0 Å². The summed E-state index contributed by atoms with van der Waals surface area (Å²) in [6.45, 7) is 2.02. The molecule has 5 nitrogen and oxygen atoms in total. The number of amides is 2. The molecule has 0 saturated heterocycles. The molecule has 0 heterocycles. The second-order valence-corrected chi connectivity index (χ2v) is 6.64. The largest absolute Gasteiger partial charge is 0.375 e. The highest BCUT2D eigenvalue weighted by atomic mass is 79.9. The van der Waals surface area contributed by atoms with Crippen molar-refractivity contribution in [1.82, 2.24) is 0 Å². The van der Waals surface area contributed by atoms with Gasteiger partial charge in [-0.25, -0.2) is 0 Å². The van der Waals surface area contributed by atoms with Crippen LogP contribution in [0.25, 0.3) is 0 Å². The first kappa shape index (κ1) is 19.3. The highest BCUT2D eigenvalue weighted by molar-refractivity contribution is 9.10. The van der Waals surface area contributed by atoms with E-state index in [1.54, 1.807) is 18.2 Å². The summed E-state index contributed by atoms with van der Waals surface area (Å²) >= 11 is 9.54. The zero-order valence-corrected chi connectivity index (χ0v) is 16.1. The normalized spacial score (nSPS) is 10.2. The maximum atomic E-state index is 12.2. The predicted molar refractivity (Wildman–Crippen MR) is 106 cm³/mol. The molecule has 25 heavy (non-hydrogen) atoms. The fourth-order valence-electron chi connectivity index (χ4n) is 2.12. The third-order valence-corrected chi connectivity index (χ3v) is 4.34. The lowest BCUT2D eigenvalue weighted by atomic mass is 10.2. The van der Waals surface area contributed by atoms with Gasteiger partial charge in [-0.15, -0.1) is 0 Å². The Morgan fingerprint density at radius 2 is 1.80 bits per heavy atom. The van der Waals surface area contributed by atoms with E-state index in [2.05, 4.69) is 31.9 Å². The molecule has 0 aliphatic carbocycles. The van der Waals surface area contributed by atoms with Gasteiger partial charge in [-0.1, -0.05) is 30.7 Å². The van der Waals surface area contributed by atoms with E-state index in [1.165, 1.54) is 0 Å². The molecule has 0 bridgehead atoms. The van der Waals surface area contributed by atoms with E-state index in [0.717, 1.165) is 16.6 Å². The monoisotopic (exact) mass is 423 g/mol. The minimum atomic E-state index is -0.241. The van der Waals surface area contributed by atoms with Crippen LogP contribution in [0.2, 0.25) is 5.02 Å². The minimum Gasteiger partial charge on any atom is -0.375 e. The Labute approximate surface area is 160 Å². The number of para-hydroxylation sites is 1. The molecule has 0 aliphatic rings. The van der Waals surface area contributed by atoms with E-state index in [0.29, 0.717) is 22.8 Å². The summed E-state index contributed by atoms with van der Waals surface area (Å²) in [5.74, 6) is -0.313. The lowest BCUT2D eigenvalue weighted by molar-refractivity contribution is -0.116. The van der Waals surface area contributed by atoms with Crippen molar-refractivity contribution in [3.8, 4) is 0 Å². The van der Waals surface area contributed by atoms with Gasteiger partial charge in [0.1, 0.15) is 0 Å². The van der Waals surface area contributed by atoms with Crippen molar-refractivity contribution in [3.05, 3.63) is 52.0 Å². The van der Waals surface area contributed by atoms with Crippen molar-refractivity contribution in [3.63, 3.8) is 0 Å².